The molecule has 0 spiro atoms. The van der Waals surface area contributed by atoms with Crippen molar-refractivity contribution in [2.45, 2.75) is 13.8 Å². The molecule has 0 aliphatic carbocycles. The molecule has 0 bridgehead atoms. The van der Waals surface area contributed by atoms with Gasteiger partial charge in [-0.3, -0.25) is 4.79 Å². The first-order valence-electron chi connectivity index (χ1n) is 7.65. The van der Waals surface area contributed by atoms with Crippen molar-refractivity contribution in [3.63, 3.8) is 0 Å². The minimum atomic E-state index is -0.158. The summed E-state index contributed by atoms with van der Waals surface area (Å²) in [6, 6.07) is 16.7. The first kappa shape index (κ1) is 15.7. The van der Waals surface area contributed by atoms with Crippen LogP contribution in [0.4, 0.5) is 17.3 Å². The summed E-state index contributed by atoms with van der Waals surface area (Å²) in [5.41, 5.74) is 4.03. The Morgan fingerprint density at radius 3 is 2.54 bits per heavy atom. The molecule has 2 aromatic carbocycles. The van der Waals surface area contributed by atoms with Gasteiger partial charge in [0, 0.05) is 28.8 Å². The lowest BCUT2D eigenvalue weighted by Gasteiger charge is -2.11. The summed E-state index contributed by atoms with van der Waals surface area (Å²) in [6.07, 6.45) is 1.70. The number of nitrogens with one attached hydrogen (secondary N) is 2. The largest absolute Gasteiger partial charge is 0.324 e. The summed E-state index contributed by atoms with van der Waals surface area (Å²) in [6.45, 7) is 3.88. The van der Waals surface area contributed by atoms with E-state index in [1.807, 2.05) is 56.3 Å². The number of hydrogen-bond donors (Lipinski definition) is 2. The molecule has 0 radical (unpaired) electrons. The minimum Gasteiger partial charge on any atom is -0.324 e. The molecule has 3 aromatic rings. The lowest BCUT2D eigenvalue weighted by Crippen LogP contribution is -2.12. The summed E-state index contributed by atoms with van der Waals surface area (Å²) >= 11 is 0. The number of hydrogen-bond acceptors (Lipinski definition) is 4. The van der Waals surface area contributed by atoms with Crippen molar-refractivity contribution < 1.29 is 4.79 Å². The van der Waals surface area contributed by atoms with E-state index in [2.05, 4.69) is 20.6 Å². The molecule has 0 saturated heterocycles. The number of benzene rings is 2. The maximum absolute atomic E-state index is 12.4. The highest BCUT2D eigenvalue weighted by molar-refractivity contribution is 6.05. The number of rotatable bonds is 4. The zero-order chi connectivity index (χ0) is 16.9. The summed E-state index contributed by atoms with van der Waals surface area (Å²) in [5, 5.41) is 6.05. The Balaban J connectivity index is 1.82. The van der Waals surface area contributed by atoms with Gasteiger partial charge in [-0.25, -0.2) is 9.97 Å². The van der Waals surface area contributed by atoms with E-state index in [0.29, 0.717) is 11.5 Å². The van der Waals surface area contributed by atoms with Gasteiger partial charge in [-0.1, -0.05) is 24.3 Å². The number of nitrogens with zero attached hydrogens (tertiary/aromatic N) is 2. The molecule has 1 heterocycles. The maximum Gasteiger partial charge on any atom is 0.255 e. The molecule has 0 aliphatic heterocycles. The zero-order valence-corrected chi connectivity index (χ0v) is 13.6. The highest BCUT2D eigenvalue weighted by atomic mass is 16.1. The SMILES string of the molecule is Cc1ccnc(Nc2cc(C(=O)Nc3ccccc3)ccc2C)n1. The molecular weight excluding hydrogens is 300 g/mol. The highest BCUT2D eigenvalue weighted by Gasteiger charge is 2.09. The van der Waals surface area contributed by atoms with E-state index < -0.39 is 0 Å². The van der Waals surface area contributed by atoms with Gasteiger partial charge in [-0.05, 0) is 49.7 Å². The van der Waals surface area contributed by atoms with Crippen molar-refractivity contribution in [3.8, 4) is 0 Å². The Morgan fingerprint density at radius 1 is 1.00 bits per heavy atom. The Hall–Kier alpha value is -3.21. The summed E-state index contributed by atoms with van der Waals surface area (Å²) in [7, 11) is 0. The van der Waals surface area contributed by atoms with Crippen molar-refractivity contribution >= 4 is 23.2 Å². The van der Waals surface area contributed by atoms with Crippen molar-refractivity contribution in [2.24, 2.45) is 0 Å². The molecule has 5 nitrogen and oxygen atoms in total. The predicted octanol–water partition coefficient (Wildman–Crippen LogP) is 4.09. The highest BCUT2D eigenvalue weighted by Crippen LogP contribution is 2.21. The van der Waals surface area contributed by atoms with Crippen LogP contribution in [0.3, 0.4) is 0 Å². The lowest BCUT2D eigenvalue weighted by molar-refractivity contribution is 0.102. The fourth-order valence-electron chi connectivity index (χ4n) is 2.25. The molecule has 5 heteroatoms. The van der Waals surface area contributed by atoms with E-state index in [1.54, 1.807) is 18.3 Å². The average molecular weight is 318 g/mol. The van der Waals surface area contributed by atoms with Gasteiger partial charge in [-0.2, -0.15) is 0 Å². The fourth-order valence-corrected chi connectivity index (χ4v) is 2.25. The second-order valence-electron chi connectivity index (χ2n) is 5.50. The molecule has 0 aliphatic rings. The van der Waals surface area contributed by atoms with Gasteiger partial charge in [0.1, 0.15) is 0 Å². The minimum absolute atomic E-state index is 0.158. The Kier molecular flexibility index (Phi) is 4.52. The van der Waals surface area contributed by atoms with Crippen LogP contribution < -0.4 is 10.6 Å². The van der Waals surface area contributed by atoms with Crippen LogP contribution in [0.1, 0.15) is 21.6 Å². The van der Waals surface area contributed by atoms with E-state index >= 15 is 0 Å². The number of aromatic nitrogens is 2. The molecular formula is C19H18N4O. The van der Waals surface area contributed by atoms with Gasteiger partial charge >= 0.3 is 0 Å². The molecule has 0 unspecified atom stereocenters. The Bertz CT molecular complexity index is 862. The lowest BCUT2D eigenvalue weighted by atomic mass is 10.1. The van der Waals surface area contributed by atoms with Gasteiger partial charge in [0.15, 0.2) is 0 Å². The van der Waals surface area contributed by atoms with E-state index in [1.165, 1.54) is 0 Å². The van der Waals surface area contributed by atoms with E-state index in [0.717, 1.165) is 22.6 Å². The van der Waals surface area contributed by atoms with Crippen molar-refractivity contribution in [2.75, 3.05) is 10.6 Å². The van der Waals surface area contributed by atoms with E-state index in [4.69, 9.17) is 0 Å². The van der Waals surface area contributed by atoms with Crippen molar-refractivity contribution in [1.82, 2.24) is 9.97 Å². The first-order chi connectivity index (χ1) is 11.6. The normalized spacial score (nSPS) is 10.2. The third kappa shape index (κ3) is 3.76. The average Bonchev–Trinajstić information content (AvgIpc) is 2.58. The summed E-state index contributed by atoms with van der Waals surface area (Å²) in [5.74, 6) is 0.355. The molecule has 1 amide bonds. The predicted molar refractivity (Wildman–Crippen MR) is 95.6 cm³/mol. The molecule has 3 rings (SSSR count). The number of anilines is 3. The van der Waals surface area contributed by atoms with Crippen LogP contribution in [0, 0.1) is 13.8 Å². The third-order valence-electron chi connectivity index (χ3n) is 3.57. The van der Waals surface area contributed by atoms with Crippen molar-refractivity contribution in [3.05, 3.63) is 77.6 Å². The standard InChI is InChI=1S/C19H18N4O/c1-13-8-9-15(18(24)22-16-6-4-3-5-7-16)12-17(13)23-19-20-11-10-14(2)21-19/h3-12H,1-2H3,(H,22,24)(H,20,21,23). The molecule has 1 aromatic heterocycles. The molecule has 0 saturated carbocycles. The number of carbonyl (C=O) groups is 1. The van der Waals surface area contributed by atoms with Gasteiger partial charge in [0.05, 0.1) is 0 Å². The van der Waals surface area contributed by atoms with Gasteiger partial charge in [0.25, 0.3) is 5.91 Å². The van der Waals surface area contributed by atoms with Gasteiger partial charge < -0.3 is 10.6 Å². The molecule has 120 valence electrons. The Morgan fingerprint density at radius 2 is 1.79 bits per heavy atom. The number of para-hydroxylation sites is 1. The van der Waals surface area contributed by atoms with Gasteiger partial charge in [0.2, 0.25) is 5.95 Å². The topological polar surface area (TPSA) is 66.9 Å². The van der Waals surface area contributed by atoms with Crippen LogP contribution in [0.15, 0.2) is 60.8 Å². The van der Waals surface area contributed by atoms with Crippen molar-refractivity contribution in [1.29, 1.82) is 0 Å². The third-order valence-corrected chi connectivity index (χ3v) is 3.57. The van der Waals surface area contributed by atoms with Crippen LogP contribution in [-0.4, -0.2) is 15.9 Å². The van der Waals surface area contributed by atoms with Crippen LogP contribution in [0.2, 0.25) is 0 Å². The second kappa shape index (κ2) is 6.91. The van der Waals surface area contributed by atoms with Crippen LogP contribution in [0.5, 0.6) is 0 Å². The molecule has 0 fully saturated rings. The van der Waals surface area contributed by atoms with E-state index in [-0.39, 0.29) is 5.91 Å². The van der Waals surface area contributed by atoms with Gasteiger partial charge in [-0.15, -0.1) is 0 Å². The quantitative estimate of drug-likeness (QED) is 0.760. The number of aryl methyl sites for hydroxylation is 2. The molecule has 24 heavy (non-hydrogen) atoms. The second-order valence-corrected chi connectivity index (χ2v) is 5.50. The summed E-state index contributed by atoms with van der Waals surface area (Å²) in [4.78, 5) is 20.9. The van der Waals surface area contributed by atoms with Crippen LogP contribution >= 0.6 is 0 Å². The molecule has 0 atom stereocenters. The number of carbonyl (C=O) groups excluding carboxylic acids is 1. The smallest absolute Gasteiger partial charge is 0.255 e. The first-order valence-corrected chi connectivity index (χ1v) is 7.65. The Labute approximate surface area is 140 Å². The fraction of sp³-hybridized carbons (Fsp3) is 0.105. The van der Waals surface area contributed by atoms with Crippen LogP contribution in [0.25, 0.3) is 0 Å². The van der Waals surface area contributed by atoms with E-state index in [9.17, 15) is 4.79 Å². The van der Waals surface area contributed by atoms with Crippen LogP contribution in [-0.2, 0) is 0 Å². The zero-order valence-electron chi connectivity index (χ0n) is 13.6. The number of amides is 1. The maximum atomic E-state index is 12.4. The monoisotopic (exact) mass is 318 g/mol. The molecule has 2 N–H and O–H groups in total. The summed E-state index contributed by atoms with van der Waals surface area (Å²) < 4.78 is 0.